The number of amides is 5. The molecule has 0 spiro atoms. The summed E-state index contributed by atoms with van der Waals surface area (Å²) >= 11 is 0. The van der Waals surface area contributed by atoms with Gasteiger partial charge in [0.1, 0.15) is 18.9 Å². The minimum Gasteiger partial charge on any atom is -0.481 e. The van der Waals surface area contributed by atoms with Gasteiger partial charge < -0.3 is 25.9 Å². The first-order valence-corrected chi connectivity index (χ1v) is 13.1. The van der Waals surface area contributed by atoms with Crippen molar-refractivity contribution in [1.29, 1.82) is 0 Å². The van der Waals surface area contributed by atoms with Crippen LogP contribution in [0.3, 0.4) is 0 Å². The van der Waals surface area contributed by atoms with Crippen molar-refractivity contribution < 1.29 is 33.9 Å². The SMILES string of the molecule is O=C[C@H](CC(=O)O)NC(=O)CN1C(=O)[C@@H](NC(=O)c2ccccc2)CN(C(=O)NCc2ccccc2)c2ccccc21. The Hall–Kier alpha value is -5.52. The molecule has 216 valence electrons. The number of urea groups is 1. The van der Waals surface area contributed by atoms with Crippen LogP contribution in [-0.2, 0) is 25.7 Å². The zero-order valence-corrected chi connectivity index (χ0v) is 22.4. The Morgan fingerprint density at radius 1 is 0.905 bits per heavy atom. The Morgan fingerprint density at radius 3 is 2.17 bits per heavy atom. The molecule has 1 aliphatic heterocycles. The van der Waals surface area contributed by atoms with Gasteiger partial charge >= 0.3 is 12.0 Å². The average molecular weight is 572 g/mol. The molecule has 42 heavy (non-hydrogen) atoms. The van der Waals surface area contributed by atoms with Crippen molar-refractivity contribution in [3.05, 3.63) is 96.1 Å². The smallest absolute Gasteiger partial charge is 0.322 e. The molecule has 0 aliphatic carbocycles. The van der Waals surface area contributed by atoms with Crippen molar-refractivity contribution >= 4 is 47.4 Å². The molecule has 0 radical (unpaired) electrons. The second kappa shape index (κ2) is 13.7. The first-order valence-electron chi connectivity index (χ1n) is 13.1. The number of rotatable bonds is 10. The van der Waals surface area contributed by atoms with Gasteiger partial charge in [0.05, 0.1) is 30.4 Å². The summed E-state index contributed by atoms with van der Waals surface area (Å²) in [4.78, 5) is 78.2. The van der Waals surface area contributed by atoms with Crippen molar-refractivity contribution in [2.24, 2.45) is 0 Å². The van der Waals surface area contributed by atoms with Gasteiger partial charge in [0.2, 0.25) is 5.91 Å². The van der Waals surface area contributed by atoms with Crippen LogP contribution in [0.4, 0.5) is 16.2 Å². The summed E-state index contributed by atoms with van der Waals surface area (Å²) in [7, 11) is 0. The van der Waals surface area contributed by atoms with Crippen LogP contribution >= 0.6 is 0 Å². The number of anilines is 2. The number of hydrogen-bond donors (Lipinski definition) is 4. The van der Waals surface area contributed by atoms with E-state index in [4.69, 9.17) is 5.11 Å². The molecule has 0 aromatic heterocycles. The Balaban J connectivity index is 1.66. The van der Waals surface area contributed by atoms with Gasteiger partial charge in [-0.25, -0.2) is 4.79 Å². The van der Waals surface area contributed by atoms with E-state index in [-0.39, 0.29) is 18.8 Å². The third-order valence-corrected chi connectivity index (χ3v) is 6.47. The molecule has 3 aromatic carbocycles. The molecule has 1 aliphatic rings. The highest BCUT2D eigenvalue weighted by Gasteiger charge is 2.38. The topological polar surface area (TPSA) is 165 Å². The first kappa shape index (κ1) is 29.5. The number of carbonyl (C=O) groups excluding carboxylic acids is 5. The van der Waals surface area contributed by atoms with Gasteiger partial charge in [-0.1, -0.05) is 60.7 Å². The van der Waals surface area contributed by atoms with Crippen molar-refractivity contribution in [3.8, 4) is 0 Å². The fraction of sp³-hybridized carbons (Fsp3) is 0.200. The summed E-state index contributed by atoms with van der Waals surface area (Å²) in [6, 6.07) is 20.8. The summed E-state index contributed by atoms with van der Waals surface area (Å²) < 4.78 is 0. The molecule has 5 amide bonds. The van der Waals surface area contributed by atoms with E-state index in [9.17, 15) is 28.8 Å². The number of carboxylic acid groups (broad SMARTS) is 1. The van der Waals surface area contributed by atoms with Gasteiger partial charge in [0.15, 0.2) is 0 Å². The lowest BCUT2D eigenvalue weighted by atomic mass is 10.1. The molecule has 0 saturated heterocycles. The minimum atomic E-state index is -1.30. The zero-order chi connectivity index (χ0) is 30.1. The van der Waals surface area contributed by atoms with E-state index < -0.39 is 54.8 Å². The number of hydrogen-bond acceptors (Lipinski definition) is 6. The number of para-hydroxylation sites is 2. The molecule has 4 rings (SSSR count). The first-order chi connectivity index (χ1) is 20.3. The zero-order valence-electron chi connectivity index (χ0n) is 22.4. The van der Waals surface area contributed by atoms with Crippen LogP contribution in [-0.4, -0.2) is 66.3 Å². The molecule has 12 heteroatoms. The summed E-state index contributed by atoms with van der Waals surface area (Å²) in [5.74, 6) is -3.33. The van der Waals surface area contributed by atoms with Gasteiger partial charge in [0, 0.05) is 12.1 Å². The number of carboxylic acids is 1. The molecule has 3 aromatic rings. The van der Waals surface area contributed by atoms with E-state index >= 15 is 0 Å². The van der Waals surface area contributed by atoms with Crippen LogP contribution in [0.25, 0.3) is 0 Å². The summed E-state index contributed by atoms with van der Waals surface area (Å²) in [5.41, 5.74) is 1.66. The lowest BCUT2D eigenvalue weighted by Gasteiger charge is -2.25. The highest BCUT2D eigenvalue weighted by atomic mass is 16.4. The van der Waals surface area contributed by atoms with E-state index in [0.29, 0.717) is 17.5 Å². The van der Waals surface area contributed by atoms with Gasteiger partial charge in [0.25, 0.3) is 11.8 Å². The van der Waals surface area contributed by atoms with E-state index in [2.05, 4.69) is 16.0 Å². The maximum atomic E-state index is 13.9. The molecule has 2 atom stereocenters. The summed E-state index contributed by atoms with van der Waals surface area (Å²) in [6.45, 7) is -0.643. The second-order valence-electron chi connectivity index (χ2n) is 9.47. The molecule has 0 bridgehead atoms. The number of fused-ring (bicyclic) bond motifs is 1. The number of benzene rings is 3. The van der Waals surface area contributed by atoms with Crippen molar-refractivity contribution in [2.75, 3.05) is 22.9 Å². The Labute approximate surface area is 241 Å². The number of nitrogens with one attached hydrogen (secondary N) is 3. The Kier molecular flexibility index (Phi) is 9.61. The largest absolute Gasteiger partial charge is 0.481 e. The Bertz CT molecular complexity index is 1470. The fourth-order valence-corrected chi connectivity index (χ4v) is 4.47. The summed E-state index contributed by atoms with van der Waals surface area (Å²) in [6.07, 6.45) is -0.337. The Morgan fingerprint density at radius 2 is 1.52 bits per heavy atom. The molecule has 0 fully saturated rings. The molecule has 4 N–H and O–H groups in total. The van der Waals surface area contributed by atoms with Gasteiger partial charge in [-0.05, 0) is 29.8 Å². The monoisotopic (exact) mass is 571 g/mol. The minimum absolute atomic E-state index is 0.204. The number of aliphatic carboxylic acids is 1. The van der Waals surface area contributed by atoms with Gasteiger partial charge in [-0.15, -0.1) is 0 Å². The second-order valence-corrected chi connectivity index (χ2v) is 9.47. The number of aldehydes is 1. The highest BCUT2D eigenvalue weighted by molar-refractivity contribution is 6.10. The maximum absolute atomic E-state index is 13.9. The van der Waals surface area contributed by atoms with Crippen molar-refractivity contribution in [3.63, 3.8) is 0 Å². The maximum Gasteiger partial charge on any atom is 0.322 e. The van der Waals surface area contributed by atoms with Crippen LogP contribution in [0.1, 0.15) is 22.3 Å². The predicted molar refractivity (Wildman–Crippen MR) is 153 cm³/mol. The number of carbonyl (C=O) groups is 6. The third kappa shape index (κ3) is 7.36. The third-order valence-electron chi connectivity index (χ3n) is 6.47. The van der Waals surface area contributed by atoms with Gasteiger partial charge in [-0.3, -0.25) is 29.0 Å². The molecular weight excluding hydrogens is 542 g/mol. The lowest BCUT2D eigenvalue weighted by Crippen LogP contribution is -2.55. The van der Waals surface area contributed by atoms with Crippen LogP contribution in [0, 0.1) is 0 Å². The molecule has 12 nitrogen and oxygen atoms in total. The molecule has 0 saturated carbocycles. The lowest BCUT2D eigenvalue weighted by molar-refractivity contribution is -0.138. The molecular formula is C30H29N5O7. The average Bonchev–Trinajstić information content (AvgIpc) is 3.11. The van der Waals surface area contributed by atoms with Crippen LogP contribution < -0.4 is 25.8 Å². The van der Waals surface area contributed by atoms with E-state index in [1.807, 2.05) is 30.3 Å². The van der Waals surface area contributed by atoms with Crippen LogP contribution in [0.15, 0.2) is 84.9 Å². The van der Waals surface area contributed by atoms with E-state index in [1.54, 1.807) is 54.6 Å². The van der Waals surface area contributed by atoms with Crippen LogP contribution in [0.2, 0.25) is 0 Å². The quantitative estimate of drug-likeness (QED) is 0.269. The predicted octanol–water partition coefficient (Wildman–Crippen LogP) is 1.71. The summed E-state index contributed by atoms with van der Waals surface area (Å²) in [5, 5.41) is 16.8. The standard InChI is InChI=1S/C30H29N5O7/c36-19-22(15-27(38)39)32-26(37)18-34-24-13-7-8-14-25(24)35(30(42)31-16-20-9-3-1-4-10-20)17-23(29(34)41)33-28(40)21-11-5-2-6-12-21/h1-14,19,22-23H,15-18H2,(H,31,42)(H,32,37)(H,33,40)(H,38,39)/t22-,23-/m0/s1. The highest BCUT2D eigenvalue weighted by Crippen LogP contribution is 2.33. The molecule has 0 unspecified atom stereocenters. The van der Waals surface area contributed by atoms with Gasteiger partial charge in [-0.2, -0.15) is 0 Å². The normalized spacial score (nSPS) is 15.0. The van der Waals surface area contributed by atoms with E-state index in [1.165, 1.54) is 4.90 Å². The number of nitrogens with zero attached hydrogens (tertiary/aromatic N) is 2. The van der Waals surface area contributed by atoms with Crippen LogP contribution in [0.5, 0.6) is 0 Å². The van der Waals surface area contributed by atoms with Crippen molar-refractivity contribution in [2.45, 2.75) is 25.0 Å². The van der Waals surface area contributed by atoms with E-state index in [0.717, 1.165) is 10.5 Å². The van der Waals surface area contributed by atoms with Crippen molar-refractivity contribution in [1.82, 2.24) is 16.0 Å². The molecule has 1 heterocycles. The fourth-order valence-electron chi connectivity index (χ4n) is 4.47.